The van der Waals surface area contributed by atoms with E-state index in [4.69, 9.17) is 4.52 Å². The van der Waals surface area contributed by atoms with E-state index in [0.29, 0.717) is 6.54 Å². The number of aryl methyl sites for hydroxylation is 1. The van der Waals surface area contributed by atoms with E-state index >= 15 is 0 Å². The average Bonchev–Trinajstić information content (AvgIpc) is 3.01. The van der Waals surface area contributed by atoms with E-state index in [9.17, 15) is 4.79 Å². The lowest BCUT2D eigenvalue weighted by atomic mass is 10.0. The van der Waals surface area contributed by atoms with Crippen LogP contribution in [0.2, 0.25) is 0 Å². The van der Waals surface area contributed by atoms with Gasteiger partial charge < -0.3 is 9.84 Å². The molecule has 3 rings (SSSR count). The summed E-state index contributed by atoms with van der Waals surface area (Å²) in [4.78, 5) is 15.1. The molecule has 1 saturated heterocycles. The molecule has 6 heteroatoms. The highest BCUT2D eigenvalue weighted by Gasteiger charge is 2.28. The average molecular weight is 331 g/mol. The number of hydrogen-bond acceptors (Lipinski definition) is 5. The van der Waals surface area contributed by atoms with Crippen molar-refractivity contribution in [3.05, 3.63) is 53.4 Å². The van der Waals surface area contributed by atoms with E-state index in [1.807, 2.05) is 55.1 Å². The Morgan fingerprint density at radius 3 is 2.74 bits per heavy atom. The zero-order valence-electron chi connectivity index (χ0n) is 13.2. The maximum absolute atomic E-state index is 12.8. The van der Waals surface area contributed by atoms with Crippen molar-refractivity contribution in [3.8, 4) is 0 Å². The zero-order valence-corrected chi connectivity index (χ0v) is 14.0. The standard InChI is InChI=1S/C17H21N3O2S/c1-13-11-15(19-22-13)12-18-17(21)16(14-5-3-2-4-6-14)20-7-9-23-10-8-20/h2-6,11,16H,7-10,12H2,1H3,(H,18,21)/t16-/m0/s1. The summed E-state index contributed by atoms with van der Waals surface area (Å²) in [6, 6.07) is 11.6. The Morgan fingerprint density at radius 2 is 2.09 bits per heavy atom. The van der Waals surface area contributed by atoms with Crippen molar-refractivity contribution >= 4 is 17.7 Å². The fourth-order valence-electron chi connectivity index (χ4n) is 2.77. The predicted molar refractivity (Wildman–Crippen MR) is 91.2 cm³/mol. The van der Waals surface area contributed by atoms with Crippen LogP contribution in [0.25, 0.3) is 0 Å². The summed E-state index contributed by atoms with van der Waals surface area (Å²) >= 11 is 1.94. The molecule has 1 aliphatic rings. The molecule has 0 aliphatic carbocycles. The maximum Gasteiger partial charge on any atom is 0.242 e. The van der Waals surface area contributed by atoms with Gasteiger partial charge in [-0.25, -0.2) is 0 Å². The van der Waals surface area contributed by atoms with Gasteiger partial charge in [0.1, 0.15) is 17.5 Å². The minimum atomic E-state index is -0.245. The SMILES string of the molecule is Cc1cc(CNC(=O)[C@H](c2ccccc2)N2CCSCC2)no1. The molecule has 0 saturated carbocycles. The van der Waals surface area contributed by atoms with Gasteiger partial charge in [-0.1, -0.05) is 35.5 Å². The molecule has 0 radical (unpaired) electrons. The van der Waals surface area contributed by atoms with E-state index in [1.54, 1.807) is 0 Å². The first-order valence-electron chi connectivity index (χ1n) is 7.80. The molecule has 122 valence electrons. The van der Waals surface area contributed by atoms with Gasteiger partial charge >= 0.3 is 0 Å². The van der Waals surface area contributed by atoms with E-state index in [1.165, 1.54) is 0 Å². The highest BCUT2D eigenvalue weighted by Crippen LogP contribution is 2.24. The first-order valence-corrected chi connectivity index (χ1v) is 8.96. The lowest BCUT2D eigenvalue weighted by Gasteiger charge is -2.33. The van der Waals surface area contributed by atoms with Crippen LogP contribution < -0.4 is 5.32 Å². The molecule has 5 nitrogen and oxygen atoms in total. The van der Waals surface area contributed by atoms with Crippen LogP contribution in [0.4, 0.5) is 0 Å². The molecule has 0 spiro atoms. The Hall–Kier alpha value is -1.79. The Bertz CT molecular complexity index is 638. The van der Waals surface area contributed by atoms with Gasteiger partial charge in [-0.05, 0) is 12.5 Å². The van der Waals surface area contributed by atoms with Crippen LogP contribution >= 0.6 is 11.8 Å². The second-order valence-corrected chi connectivity index (χ2v) is 6.83. The maximum atomic E-state index is 12.8. The number of carbonyl (C=O) groups excluding carboxylic acids is 1. The van der Waals surface area contributed by atoms with Crippen molar-refractivity contribution in [3.63, 3.8) is 0 Å². The Morgan fingerprint density at radius 1 is 1.35 bits per heavy atom. The number of nitrogens with one attached hydrogen (secondary N) is 1. The lowest BCUT2D eigenvalue weighted by Crippen LogP contribution is -2.44. The fraction of sp³-hybridized carbons (Fsp3) is 0.412. The number of nitrogens with zero attached hydrogens (tertiary/aromatic N) is 2. The summed E-state index contributed by atoms with van der Waals surface area (Å²) in [5.41, 5.74) is 1.78. The molecule has 0 bridgehead atoms. The molecular formula is C17H21N3O2S. The molecule has 0 unspecified atom stereocenters. The smallest absolute Gasteiger partial charge is 0.242 e. The highest BCUT2D eigenvalue weighted by atomic mass is 32.2. The largest absolute Gasteiger partial charge is 0.361 e. The third kappa shape index (κ3) is 4.14. The van der Waals surface area contributed by atoms with E-state index in [-0.39, 0.29) is 11.9 Å². The van der Waals surface area contributed by atoms with Crippen molar-refractivity contribution in [2.24, 2.45) is 0 Å². The van der Waals surface area contributed by atoms with Crippen LogP contribution in [0, 0.1) is 6.92 Å². The molecule has 1 N–H and O–H groups in total. The number of hydrogen-bond donors (Lipinski definition) is 1. The second-order valence-electron chi connectivity index (χ2n) is 5.61. The topological polar surface area (TPSA) is 58.4 Å². The molecule has 1 fully saturated rings. The zero-order chi connectivity index (χ0) is 16.1. The third-order valence-corrected chi connectivity index (χ3v) is 4.84. The number of carbonyl (C=O) groups is 1. The monoisotopic (exact) mass is 331 g/mol. The summed E-state index contributed by atoms with van der Waals surface area (Å²) in [6.45, 7) is 4.10. The summed E-state index contributed by atoms with van der Waals surface area (Å²) in [6.07, 6.45) is 0. The predicted octanol–water partition coefficient (Wildman–Crippen LogP) is 2.39. The van der Waals surface area contributed by atoms with Crippen molar-refractivity contribution < 1.29 is 9.32 Å². The van der Waals surface area contributed by atoms with Crippen LogP contribution in [-0.2, 0) is 11.3 Å². The van der Waals surface area contributed by atoms with Crippen molar-refractivity contribution in [2.45, 2.75) is 19.5 Å². The van der Waals surface area contributed by atoms with Crippen molar-refractivity contribution in [1.29, 1.82) is 0 Å². The van der Waals surface area contributed by atoms with E-state index < -0.39 is 0 Å². The number of aromatic nitrogens is 1. The third-order valence-electron chi connectivity index (χ3n) is 3.89. The molecule has 1 atom stereocenters. The van der Waals surface area contributed by atoms with Crippen molar-refractivity contribution in [2.75, 3.05) is 24.6 Å². The number of rotatable bonds is 5. The first-order chi connectivity index (χ1) is 11.2. The molecule has 2 aromatic rings. The van der Waals surface area contributed by atoms with Gasteiger partial charge in [0, 0.05) is 30.7 Å². The summed E-state index contributed by atoms with van der Waals surface area (Å²) in [5, 5.41) is 6.92. The molecule has 1 amide bonds. The van der Waals surface area contributed by atoms with Crippen LogP contribution in [-0.4, -0.2) is 40.6 Å². The quantitative estimate of drug-likeness (QED) is 0.912. The Kier molecular flexibility index (Phi) is 5.35. The van der Waals surface area contributed by atoms with Crippen LogP contribution in [0.15, 0.2) is 40.9 Å². The number of amides is 1. The fourth-order valence-corrected chi connectivity index (χ4v) is 3.71. The van der Waals surface area contributed by atoms with Crippen LogP contribution in [0.1, 0.15) is 23.1 Å². The van der Waals surface area contributed by atoms with Crippen LogP contribution in [0.3, 0.4) is 0 Å². The van der Waals surface area contributed by atoms with E-state index in [0.717, 1.165) is 41.6 Å². The summed E-state index contributed by atoms with van der Waals surface area (Å²) in [7, 11) is 0. The minimum Gasteiger partial charge on any atom is -0.361 e. The van der Waals surface area contributed by atoms with Gasteiger partial charge in [-0.2, -0.15) is 11.8 Å². The van der Waals surface area contributed by atoms with Crippen molar-refractivity contribution in [1.82, 2.24) is 15.4 Å². The van der Waals surface area contributed by atoms with Gasteiger partial charge in [-0.3, -0.25) is 9.69 Å². The Balaban J connectivity index is 1.72. The Labute approximate surface area is 140 Å². The number of thioether (sulfide) groups is 1. The van der Waals surface area contributed by atoms with Gasteiger partial charge in [0.25, 0.3) is 0 Å². The summed E-state index contributed by atoms with van der Waals surface area (Å²) < 4.78 is 5.04. The van der Waals surface area contributed by atoms with E-state index in [2.05, 4.69) is 15.4 Å². The minimum absolute atomic E-state index is 0.0174. The van der Waals surface area contributed by atoms with Gasteiger partial charge in [-0.15, -0.1) is 0 Å². The molecular weight excluding hydrogens is 310 g/mol. The van der Waals surface area contributed by atoms with Gasteiger partial charge in [0.15, 0.2) is 0 Å². The molecule has 23 heavy (non-hydrogen) atoms. The normalized spacial score (nSPS) is 16.9. The molecule has 1 aromatic heterocycles. The molecule has 2 heterocycles. The first kappa shape index (κ1) is 16.1. The molecule has 1 aromatic carbocycles. The highest BCUT2D eigenvalue weighted by molar-refractivity contribution is 7.99. The van der Waals surface area contributed by atoms with Gasteiger partial charge in [0.2, 0.25) is 5.91 Å². The summed E-state index contributed by atoms with van der Waals surface area (Å²) in [5.74, 6) is 2.91. The molecule has 1 aliphatic heterocycles. The lowest BCUT2D eigenvalue weighted by molar-refractivity contribution is -0.126. The second kappa shape index (κ2) is 7.66. The van der Waals surface area contributed by atoms with Crippen LogP contribution in [0.5, 0.6) is 0 Å². The van der Waals surface area contributed by atoms with Gasteiger partial charge in [0.05, 0.1) is 6.54 Å². The number of benzene rings is 1.